The zero-order valence-corrected chi connectivity index (χ0v) is 16.4. The Balaban J connectivity index is 2.72. The number of carbonyl (C=O) groups excluding carboxylic acids is 3. The lowest BCUT2D eigenvalue weighted by Gasteiger charge is -2.21. The number of halogens is 2. The fourth-order valence-electron chi connectivity index (χ4n) is 2.10. The highest BCUT2D eigenvalue weighted by Crippen LogP contribution is 2.33. The smallest absolute Gasteiger partial charge is 0.338 e. The van der Waals surface area contributed by atoms with E-state index in [2.05, 4.69) is 10.1 Å². The van der Waals surface area contributed by atoms with Crippen molar-refractivity contribution in [3.63, 3.8) is 0 Å². The number of hydrogen-bond donors (Lipinski definition) is 1. The molecule has 0 aromatic heterocycles. The average molecular weight is 406 g/mol. The van der Waals surface area contributed by atoms with Crippen LogP contribution in [0, 0.1) is 5.92 Å². The van der Waals surface area contributed by atoms with Gasteiger partial charge in [0.05, 0.1) is 29.8 Å². The Morgan fingerprint density at radius 2 is 1.73 bits per heavy atom. The molecule has 144 valence electrons. The Labute approximate surface area is 161 Å². The molecule has 0 bridgehead atoms. The monoisotopic (exact) mass is 405 g/mol. The number of benzene rings is 1. The zero-order chi connectivity index (χ0) is 19.9. The molecule has 0 spiro atoms. The molecule has 0 heterocycles. The zero-order valence-electron chi connectivity index (χ0n) is 14.9. The molecule has 0 fully saturated rings. The second-order valence-corrected chi connectivity index (χ2v) is 6.32. The van der Waals surface area contributed by atoms with E-state index in [9.17, 15) is 14.4 Å². The van der Waals surface area contributed by atoms with Gasteiger partial charge in [0.15, 0.2) is 12.4 Å². The quantitative estimate of drug-likeness (QED) is 0.668. The van der Waals surface area contributed by atoms with Gasteiger partial charge in [-0.3, -0.25) is 4.79 Å². The van der Waals surface area contributed by atoms with E-state index in [1.54, 1.807) is 6.92 Å². The van der Waals surface area contributed by atoms with Crippen molar-refractivity contribution < 1.29 is 28.6 Å². The van der Waals surface area contributed by atoms with Crippen molar-refractivity contribution in [1.82, 2.24) is 5.32 Å². The molecule has 0 aliphatic rings. The fourth-order valence-corrected chi connectivity index (χ4v) is 2.74. The largest absolute Gasteiger partial charge is 0.494 e. The first kappa shape index (κ1) is 22.1. The Morgan fingerprint density at radius 1 is 1.15 bits per heavy atom. The number of amides is 1. The van der Waals surface area contributed by atoms with Crippen molar-refractivity contribution in [2.45, 2.75) is 26.3 Å². The van der Waals surface area contributed by atoms with Crippen LogP contribution in [0.25, 0.3) is 0 Å². The SMILES string of the molecule is CC[C@H](C)[C@@H](NC(=O)COC(=O)c1cc(Cl)c(OC)c(Cl)c1)C(=O)OC. The van der Waals surface area contributed by atoms with E-state index in [0.717, 1.165) is 0 Å². The third kappa shape index (κ3) is 5.78. The van der Waals surface area contributed by atoms with E-state index in [0.29, 0.717) is 6.42 Å². The predicted molar refractivity (Wildman–Crippen MR) is 96.7 cm³/mol. The van der Waals surface area contributed by atoms with Crippen LogP contribution in [0.5, 0.6) is 5.75 Å². The second kappa shape index (κ2) is 10.2. The summed E-state index contributed by atoms with van der Waals surface area (Å²) >= 11 is 11.9. The number of hydrogen-bond acceptors (Lipinski definition) is 6. The van der Waals surface area contributed by atoms with Gasteiger partial charge in [-0.1, -0.05) is 43.5 Å². The minimum absolute atomic E-state index is 0.0695. The topological polar surface area (TPSA) is 90.9 Å². The second-order valence-electron chi connectivity index (χ2n) is 5.50. The third-order valence-electron chi connectivity index (χ3n) is 3.76. The summed E-state index contributed by atoms with van der Waals surface area (Å²) in [5, 5.41) is 2.78. The van der Waals surface area contributed by atoms with E-state index in [-0.39, 0.29) is 27.3 Å². The van der Waals surface area contributed by atoms with Crippen LogP contribution in [0.2, 0.25) is 10.0 Å². The highest BCUT2D eigenvalue weighted by molar-refractivity contribution is 6.37. The number of methoxy groups -OCH3 is 2. The molecule has 1 aromatic carbocycles. The Bertz CT molecular complexity index is 656. The first-order valence-electron chi connectivity index (χ1n) is 7.82. The lowest BCUT2D eigenvalue weighted by atomic mass is 9.99. The number of carbonyl (C=O) groups is 3. The van der Waals surface area contributed by atoms with Crippen LogP contribution in [0.1, 0.15) is 30.6 Å². The molecule has 26 heavy (non-hydrogen) atoms. The van der Waals surface area contributed by atoms with Crippen molar-refractivity contribution in [2.24, 2.45) is 5.92 Å². The summed E-state index contributed by atoms with van der Waals surface area (Å²) in [4.78, 5) is 35.8. The molecule has 9 heteroatoms. The maximum atomic E-state index is 12.1. The van der Waals surface area contributed by atoms with E-state index in [1.165, 1.54) is 26.4 Å². The Kier molecular flexibility index (Phi) is 8.68. The van der Waals surface area contributed by atoms with Gasteiger partial charge in [-0.25, -0.2) is 9.59 Å². The molecular formula is C17H21Cl2NO6. The molecule has 0 aliphatic heterocycles. The van der Waals surface area contributed by atoms with Crippen molar-refractivity contribution in [3.8, 4) is 5.75 Å². The molecule has 1 aromatic rings. The van der Waals surface area contributed by atoms with Crippen molar-refractivity contribution in [2.75, 3.05) is 20.8 Å². The van der Waals surface area contributed by atoms with Gasteiger partial charge in [-0.15, -0.1) is 0 Å². The minimum Gasteiger partial charge on any atom is -0.494 e. The lowest BCUT2D eigenvalue weighted by Crippen LogP contribution is -2.47. The van der Waals surface area contributed by atoms with Crippen LogP contribution in [0.15, 0.2) is 12.1 Å². The van der Waals surface area contributed by atoms with Crippen LogP contribution in [0.4, 0.5) is 0 Å². The normalized spacial score (nSPS) is 12.7. The molecule has 0 radical (unpaired) electrons. The number of rotatable bonds is 8. The van der Waals surface area contributed by atoms with Gasteiger partial charge >= 0.3 is 11.9 Å². The van der Waals surface area contributed by atoms with Crippen molar-refractivity contribution in [3.05, 3.63) is 27.7 Å². The third-order valence-corrected chi connectivity index (χ3v) is 4.32. The van der Waals surface area contributed by atoms with Crippen LogP contribution in [-0.4, -0.2) is 44.7 Å². The van der Waals surface area contributed by atoms with Crippen LogP contribution in [0.3, 0.4) is 0 Å². The summed E-state index contributed by atoms with van der Waals surface area (Å²) < 4.78 is 14.6. The molecule has 0 saturated heterocycles. The fraction of sp³-hybridized carbons (Fsp3) is 0.471. The molecule has 1 rings (SSSR count). The summed E-state index contributed by atoms with van der Waals surface area (Å²) in [6.07, 6.45) is 0.655. The molecule has 2 atom stereocenters. The molecule has 1 amide bonds. The maximum absolute atomic E-state index is 12.1. The predicted octanol–water partition coefficient (Wildman–Crippen LogP) is 2.86. The highest BCUT2D eigenvalue weighted by atomic mass is 35.5. The van der Waals surface area contributed by atoms with Crippen molar-refractivity contribution in [1.29, 1.82) is 0 Å². The summed E-state index contributed by atoms with van der Waals surface area (Å²) in [5.41, 5.74) is 0.0695. The van der Waals surface area contributed by atoms with Crippen LogP contribution in [-0.2, 0) is 19.1 Å². The summed E-state index contributed by atoms with van der Waals surface area (Å²) in [6, 6.07) is 1.83. The Morgan fingerprint density at radius 3 is 2.19 bits per heavy atom. The summed E-state index contributed by atoms with van der Waals surface area (Å²) in [7, 11) is 2.63. The van der Waals surface area contributed by atoms with Crippen LogP contribution >= 0.6 is 23.2 Å². The van der Waals surface area contributed by atoms with Gasteiger partial charge in [0.1, 0.15) is 6.04 Å². The summed E-state index contributed by atoms with van der Waals surface area (Å²) in [5.74, 6) is -1.88. The summed E-state index contributed by atoms with van der Waals surface area (Å²) in [6.45, 7) is 3.11. The van der Waals surface area contributed by atoms with Gasteiger partial charge in [0, 0.05) is 0 Å². The van der Waals surface area contributed by atoms with Crippen LogP contribution < -0.4 is 10.1 Å². The van der Waals surface area contributed by atoms with E-state index in [1.807, 2.05) is 6.92 Å². The van der Waals surface area contributed by atoms with Gasteiger partial charge in [0.25, 0.3) is 5.91 Å². The molecule has 0 aliphatic carbocycles. The number of esters is 2. The molecule has 0 unspecified atom stereocenters. The first-order valence-corrected chi connectivity index (χ1v) is 8.58. The molecule has 0 saturated carbocycles. The Hall–Kier alpha value is -1.99. The highest BCUT2D eigenvalue weighted by Gasteiger charge is 2.27. The molecule has 1 N–H and O–H groups in total. The first-order chi connectivity index (χ1) is 12.2. The van der Waals surface area contributed by atoms with E-state index < -0.39 is 30.5 Å². The van der Waals surface area contributed by atoms with E-state index >= 15 is 0 Å². The average Bonchev–Trinajstić information content (AvgIpc) is 2.62. The van der Waals surface area contributed by atoms with Crippen molar-refractivity contribution >= 4 is 41.0 Å². The van der Waals surface area contributed by atoms with E-state index in [4.69, 9.17) is 32.7 Å². The molecular weight excluding hydrogens is 385 g/mol. The number of nitrogens with one attached hydrogen (secondary N) is 1. The lowest BCUT2D eigenvalue weighted by molar-refractivity contribution is -0.147. The molecule has 7 nitrogen and oxygen atoms in total. The van der Waals surface area contributed by atoms with Gasteiger partial charge in [-0.2, -0.15) is 0 Å². The minimum atomic E-state index is -0.818. The van der Waals surface area contributed by atoms with Gasteiger partial charge < -0.3 is 19.5 Å². The maximum Gasteiger partial charge on any atom is 0.338 e. The van der Waals surface area contributed by atoms with Gasteiger partial charge in [0.2, 0.25) is 0 Å². The van der Waals surface area contributed by atoms with Gasteiger partial charge in [-0.05, 0) is 18.1 Å². The standard InChI is InChI=1S/C17H21Cl2NO6/c1-5-9(2)14(17(23)25-4)20-13(21)8-26-16(22)10-6-11(18)15(24-3)12(19)7-10/h6-7,9,14H,5,8H2,1-4H3,(H,20,21)/t9-,14+/m0/s1. The number of ether oxygens (including phenoxy) is 3.